The van der Waals surface area contributed by atoms with Crippen LogP contribution >= 0.6 is 0 Å². The Kier molecular flexibility index (Phi) is 3.73. The summed E-state index contributed by atoms with van der Waals surface area (Å²) in [4.78, 5) is 0. The zero-order chi connectivity index (χ0) is 10.7. The Morgan fingerprint density at radius 3 is 1.71 bits per heavy atom. The second kappa shape index (κ2) is 4.45. The molecule has 0 spiro atoms. The van der Waals surface area contributed by atoms with E-state index in [1.54, 1.807) is 11.3 Å². The molecule has 0 unspecified atom stereocenters. The van der Waals surface area contributed by atoms with Crippen molar-refractivity contribution in [1.29, 1.82) is 0 Å². The molecule has 1 aliphatic heterocycles. The van der Waals surface area contributed by atoms with Crippen molar-refractivity contribution in [2.75, 3.05) is 0 Å². The topological polar surface area (TPSA) is 0 Å². The number of hydrogen-bond donors (Lipinski definition) is 0. The Morgan fingerprint density at radius 1 is 0.929 bits per heavy atom. The second-order valence-electron chi connectivity index (χ2n) is 5.14. The fraction of sp³-hybridized carbons (Fsp3) is 0.500. The van der Waals surface area contributed by atoms with Gasteiger partial charge in [-0.25, -0.2) is 0 Å². The second-order valence-corrected chi connectivity index (χ2v) is 15.8. The first-order valence-electron chi connectivity index (χ1n) is 5.42. The first kappa shape index (κ1) is 11.7. The van der Waals surface area contributed by atoms with Gasteiger partial charge in [0, 0.05) is 8.07 Å². The van der Waals surface area contributed by atoms with Crippen molar-refractivity contribution >= 4 is 16.1 Å². The van der Waals surface area contributed by atoms with Crippen LogP contribution in [0.3, 0.4) is 0 Å². The van der Waals surface area contributed by atoms with Gasteiger partial charge in [0.2, 0.25) is 0 Å². The lowest BCUT2D eigenvalue weighted by molar-refractivity contribution is 1.21. The molecule has 0 N–H and O–H groups in total. The highest BCUT2D eigenvalue weighted by molar-refractivity contribution is 7.13. The Bertz CT molecular complexity index is 225. The number of allylic oxidation sites excluding steroid dienone is 3. The predicted molar refractivity (Wildman–Crippen MR) is 72.0 cm³/mol. The van der Waals surface area contributed by atoms with E-state index in [1.165, 1.54) is 18.1 Å². The van der Waals surface area contributed by atoms with Gasteiger partial charge in [-0.15, -0.1) is 19.7 Å². The van der Waals surface area contributed by atoms with E-state index in [2.05, 4.69) is 44.5 Å². The fourth-order valence-electron chi connectivity index (χ4n) is 3.24. The van der Waals surface area contributed by atoms with E-state index in [4.69, 9.17) is 0 Å². The smallest absolute Gasteiger partial charge is 0.0558 e. The Labute approximate surface area is 90.4 Å². The zero-order valence-electron chi connectivity index (χ0n) is 9.39. The van der Waals surface area contributed by atoms with Crippen LogP contribution in [0.15, 0.2) is 38.0 Å². The van der Waals surface area contributed by atoms with Crippen molar-refractivity contribution in [3.8, 4) is 0 Å². The lowest BCUT2D eigenvalue weighted by Gasteiger charge is -2.52. The number of rotatable bonds is 6. The average molecular weight is 222 g/mol. The Morgan fingerprint density at radius 2 is 1.36 bits per heavy atom. The predicted octanol–water partition coefficient (Wildman–Crippen LogP) is 4.16. The average Bonchev–Trinajstić information content (AvgIpc) is 2.02. The van der Waals surface area contributed by atoms with Crippen LogP contribution in [0.2, 0.25) is 36.0 Å². The maximum Gasteiger partial charge on any atom is 0.0558 e. The molecule has 1 saturated heterocycles. The van der Waals surface area contributed by atoms with E-state index < -0.39 is 16.1 Å². The Hall–Kier alpha value is -0.346. The highest BCUT2D eigenvalue weighted by Crippen LogP contribution is 2.47. The summed E-state index contributed by atoms with van der Waals surface area (Å²) >= 11 is 0. The van der Waals surface area contributed by atoms with E-state index in [9.17, 15) is 0 Å². The molecule has 0 aromatic rings. The molecule has 0 aromatic carbocycles. The van der Waals surface area contributed by atoms with Crippen molar-refractivity contribution < 1.29 is 0 Å². The highest BCUT2D eigenvalue weighted by Gasteiger charge is 2.51. The van der Waals surface area contributed by atoms with E-state index in [1.807, 2.05) is 0 Å². The van der Waals surface area contributed by atoms with Crippen molar-refractivity contribution in [2.45, 2.75) is 36.0 Å². The normalized spacial score (nSPS) is 22.1. The summed E-state index contributed by atoms with van der Waals surface area (Å²) in [5, 5.41) is 0. The molecule has 0 nitrogen and oxygen atoms in total. The van der Waals surface area contributed by atoms with Gasteiger partial charge in [-0.3, -0.25) is 0 Å². The maximum absolute atomic E-state index is 3.90. The van der Waals surface area contributed by atoms with Crippen LogP contribution in [-0.2, 0) is 0 Å². The van der Waals surface area contributed by atoms with Crippen LogP contribution in [0.4, 0.5) is 0 Å². The summed E-state index contributed by atoms with van der Waals surface area (Å²) in [6.07, 6.45) is 6.40. The lowest BCUT2D eigenvalue weighted by atomic mass is 10.7. The van der Waals surface area contributed by atoms with E-state index in [-0.39, 0.29) is 0 Å². The molecule has 1 fully saturated rings. The van der Waals surface area contributed by atoms with Gasteiger partial charge in [0.1, 0.15) is 0 Å². The first-order chi connectivity index (χ1) is 6.60. The van der Waals surface area contributed by atoms with Crippen LogP contribution in [0.25, 0.3) is 0 Å². The molecule has 0 atom stereocenters. The monoisotopic (exact) mass is 222 g/mol. The quantitative estimate of drug-likeness (QED) is 0.467. The molecule has 1 heterocycles. The summed E-state index contributed by atoms with van der Waals surface area (Å²) in [6.45, 7) is 14.2. The minimum absolute atomic E-state index is 0.858. The van der Waals surface area contributed by atoms with Gasteiger partial charge >= 0.3 is 0 Å². The fourth-order valence-corrected chi connectivity index (χ4v) is 22.9. The van der Waals surface area contributed by atoms with Crippen LogP contribution < -0.4 is 0 Å². The van der Waals surface area contributed by atoms with Gasteiger partial charge in [0.25, 0.3) is 0 Å². The first-order valence-corrected chi connectivity index (χ1v) is 11.4. The van der Waals surface area contributed by atoms with E-state index in [0.29, 0.717) is 0 Å². The molecule has 78 valence electrons. The van der Waals surface area contributed by atoms with Gasteiger partial charge < -0.3 is 0 Å². The SMILES string of the molecule is C=CC[Si]1(C)C[Si](CC=C)(CC=C)C1. The molecule has 0 aliphatic carbocycles. The summed E-state index contributed by atoms with van der Waals surface area (Å²) in [7, 11) is -1.80. The third-order valence-corrected chi connectivity index (χ3v) is 19.8. The zero-order valence-corrected chi connectivity index (χ0v) is 11.4. The van der Waals surface area contributed by atoms with Gasteiger partial charge in [-0.1, -0.05) is 36.1 Å². The van der Waals surface area contributed by atoms with Crippen molar-refractivity contribution in [3.63, 3.8) is 0 Å². The van der Waals surface area contributed by atoms with Crippen LogP contribution in [0, 0.1) is 0 Å². The van der Waals surface area contributed by atoms with Crippen molar-refractivity contribution in [1.82, 2.24) is 0 Å². The van der Waals surface area contributed by atoms with Gasteiger partial charge in [0.15, 0.2) is 0 Å². The molecule has 0 saturated carbocycles. The van der Waals surface area contributed by atoms with Crippen molar-refractivity contribution in [2.24, 2.45) is 0 Å². The molecule has 0 radical (unpaired) electrons. The molecule has 14 heavy (non-hydrogen) atoms. The summed E-state index contributed by atoms with van der Waals surface area (Å²) in [5.41, 5.74) is 3.15. The molecule has 0 bridgehead atoms. The standard InChI is InChI=1S/C12H22Si2/c1-5-8-13(4)11-14(12-13,9-6-2)10-7-3/h5-7H,1-3,8-12H2,4H3. The highest BCUT2D eigenvalue weighted by atomic mass is 28.5. The number of hydrogen-bond acceptors (Lipinski definition) is 0. The van der Waals surface area contributed by atoms with Gasteiger partial charge in [0.05, 0.1) is 8.07 Å². The molecule has 2 heteroatoms. The molecular weight excluding hydrogens is 200 g/mol. The van der Waals surface area contributed by atoms with Gasteiger partial charge in [-0.05, 0) is 18.1 Å². The molecular formula is C12H22Si2. The van der Waals surface area contributed by atoms with Crippen molar-refractivity contribution in [3.05, 3.63) is 38.0 Å². The van der Waals surface area contributed by atoms with Crippen LogP contribution in [-0.4, -0.2) is 16.1 Å². The van der Waals surface area contributed by atoms with E-state index in [0.717, 1.165) is 0 Å². The molecule has 0 aromatic heterocycles. The third-order valence-electron chi connectivity index (χ3n) is 3.40. The lowest BCUT2D eigenvalue weighted by Crippen LogP contribution is -2.60. The third kappa shape index (κ3) is 2.36. The summed E-state index contributed by atoms with van der Waals surface area (Å²) in [6, 6.07) is 3.92. The molecule has 1 rings (SSSR count). The minimum Gasteiger partial charge on any atom is -0.103 e. The Balaban J connectivity index is 2.57. The van der Waals surface area contributed by atoms with Gasteiger partial charge in [-0.2, -0.15) is 0 Å². The minimum atomic E-state index is -0.938. The maximum atomic E-state index is 3.90. The molecule has 1 aliphatic rings. The van der Waals surface area contributed by atoms with Crippen LogP contribution in [0.1, 0.15) is 0 Å². The van der Waals surface area contributed by atoms with Crippen LogP contribution in [0.5, 0.6) is 0 Å². The van der Waals surface area contributed by atoms with E-state index >= 15 is 0 Å². The molecule has 0 amide bonds. The summed E-state index contributed by atoms with van der Waals surface area (Å²) in [5.74, 6) is 0. The summed E-state index contributed by atoms with van der Waals surface area (Å²) < 4.78 is 0. The largest absolute Gasteiger partial charge is 0.103 e.